The van der Waals surface area contributed by atoms with Crippen molar-refractivity contribution in [3.8, 4) is 0 Å². The molecule has 1 amide bonds. The summed E-state index contributed by atoms with van der Waals surface area (Å²) in [7, 11) is 0. The zero-order chi connectivity index (χ0) is 16.7. The van der Waals surface area contributed by atoms with Gasteiger partial charge in [0.25, 0.3) is 5.91 Å². The van der Waals surface area contributed by atoms with Crippen LogP contribution in [0.1, 0.15) is 34.9 Å². The van der Waals surface area contributed by atoms with Gasteiger partial charge < -0.3 is 10.6 Å². The number of amides is 1. The molecule has 0 saturated heterocycles. The number of thiazole rings is 1. The van der Waals surface area contributed by atoms with Crippen molar-refractivity contribution in [3.63, 3.8) is 0 Å². The molecule has 1 aromatic heterocycles. The van der Waals surface area contributed by atoms with E-state index in [1.807, 2.05) is 31.2 Å². The summed E-state index contributed by atoms with van der Waals surface area (Å²) >= 11 is 3.31. The number of thioether (sulfide) groups is 1. The van der Waals surface area contributed by atoms with Gasteiger partial charge in [-0.25, -0.2) is 4.98 Å². The minimum Gasteiger partial charge on any atom is -0.350 e. The van der Waals surface area contributed by atoms with Gasteiger partial charge in [0.05, 0.1) is 16.3 Å². The number of rotatable bonds is 8. The third-order valence-corrected chi connectivity index (χ3v) is 5.22. The molecule has 0 saturated carbocycles. The van der Waals surface area contributed by atoms with Crippen LogP contribution in [0.25, 0.3) is 0 Å². The summed E-state index contributed by atoms with van der Waals surface area (Å²) in [4.78, 5) is 17.9. The lowest BCUT2D eigenvalue weighted by Crippen LogP contribution is -2.38. The molecule has 0 bridgehead atoms. The van der Waals surface area contributed by atoms with Gasteiger partial charge in [0.2, 0.25) is 0 Å². The van der Waals surface area contributed by atoms with Crippen LogP contribution in [-0.2, 0) is 5.75 Å². The van der Waals surface area contributed by atoms with Crippen LogP contribution in [0.4, 0.5) is 0 Å². The number of aromatic nitrogens is 1. The Balaban J connectivity index is 1.97. The van der Waals surface area contributed by atoms with Gasteiger partial charge in [-0.05, 0) is 32.5 Å². The lowest BCUT2D eigenvalue weighted by Gasteiger charge is -2.14. The zero-order valence-corrected chi connectivity index (χ0v) is 15.4. The molecule has 4 nitrogen and oxygen atoms in total. The second-order valence-electron chi connectivity index (χ2n) is 5.31. The first kappa shape index (κ1) is 18.0. The number of benzene rings is 1. The highest BCUT2D eigenvalue weighted by Crippen LogP contribution is 2.26. The number of carbonyl (C=O) groups is 1. The van der Waals surface area contributed by atoms with E-state index < -0.39 is 0 Å². The van der Waals surface area contributed by atoms with E-state index in [2.05, 4.69) is 34.8 Å². The van der Waals surface area contributed by atoms with Crippen LogP contribution in [0.2, 0.25) is 0 Å². The summed E-state index contributed by atoms with van der Waals surface area (Å²) in [5.74, 6) is 0.759. The fraction of sp³-hybridized carbons (Fsp3) is 0.412. The summed E-state index contributed by atoms with van der Waals surface area (Å²) in [5, 5.41) is 9.43. The van der Waals surface area contributed by atoms with E-state index in [1.165, 1.54) is 0 Å². The van der Waals surface area contributed by atoms with E-state index in [0.717, 1.165) is 33.5 Å². The fourth-order valence-corrected chi connectivity index (χ4v) is 3.83. The second kappa shape index (κ2) is 9.05. The molecule has 0 aliphatic carbocycles. The Morgan fingerprint density at radius 3 is 2.87 bits per heavy atom. The van der Waals surface area contributed by atoms with Crippen LogP contribution < -0.4 is 10.6 Å². The van der Waals surface area contributed by atoms with Gasteiger partial charge in [0.15, 0.2) is 0 Å². The first-order valence-corrected chi connectivity index (χ1v) is 9.61. The number of aryl methyl sites for hydroxylation is 1. The predicted molar refractivity (Wildman–Crippen MR) is 98.3 cm³/mol. The van der Waals surface area contributed by atoms with Crippen molar-refractivity contribution in [2.75, 3.05) is 13.1 Å². The number of likely N-dealkylation sites (N-methyl/N-ethyl adjacent to an activating group) is 1. The van der Waals surface area contributed by atoms with Crippen molar-refractivity contribution in [3.05, 3.63) is 45.9 Å². The van der Waals surface area contributed by atoms with Crippen LogP contribution in [0.3, 0.4) is 0 Å². The molecule has 2 rings (SSSR count). The number of hydrogen-bond donors (Lipinski definition) is 2. The normalized spacial score (nSPS) is 12.1. The third kappa shape index (κ3) is 5.64. The van der Waals surface area contributed by atoms with Crippen LogP contribution in [0.15, 0.2) is 34.5 Å². The average Bonchev–Trinajstić information content (AvgIpc) is 2.97. The monoisotopic (exact) mass is 349 g/mol. The largest absolute Gasteiger partial charge is 0.350 e. The third-order valence-electron chi connectivity index (χ3n) is 3.30. The number of hydrogen-bond acceptors (Lipinski definition) is 5. The molecule has 1 aromatic carbocycles. The van der Waals surface area contributed by atoms with Gasteiger partial charge >= 0.3 is 0 Å². The molecule has 1 heterocycles. The maximum atomic E-state index is 12.4. The van der Waals surface area contributed by atoms with Crippen molar-refractivity contribution in [2.45, 2.75) is 37.5 Å². The van der Waals surface area contributed by atoms with E-state index in [-0.39, 0.29) is 11.9 Å². The molecule has 0 fully saturated rings. The van der Waals surface area contributed by atoms with Crippen LogP contribution in [-0.4, -0.2) is 30.0 Å². The highest BCUT2D eigenvalue weighted by molar-refractivity contribution is 7.98. The minimum atomic E-state index is -0.0210. The highest BCUT2D eigenvalue weighted by atomic mass is 32.2. The molecule has 6 heteroatoms. The predicted octanol–water partition coefficient (Wildman–Crippen LogP) is 3.47. The zero-order valence-electron chi connectivity index (χ0n) is 13.8. The van der Waals surface area contributed by atoms with Crippen molar-refractivity contribution >= 4 is 29.0 Å². The maximum absolute atomic E-state index is 12.4. The van der Waals surface area contributed by atoms with Gasteiger partial charge in [-0.3, -0.25) is 4.79 Å². The molecule has 0 aliphatic heterocycles. The Kier molecular flexibility index (Phi) is 7.08. The minimum absolute atomic E-state index is 0.0210. The Morgan fingerprint density at radius 1 is 1.39 bits per heavy atom. The number of carbonyl (C=O) groups excluding carboxylic acids is 1. The molecule has 124 valence electrons. The van der Waals surface area contributed by atoms with E-state index in [1.54, 1.807) is 23.1 Å². The molecule has 23 heavy (non-hydrogen) atoms. The van der Waals surface area contributed by atoms with Crippen LogP contribution in [0.5, 0.6) is 0 Å². The molecule has 0 unspecified atom stereocenters. The first-order chi connectivity index (χ1) is 11.1. The Hall–Kier alpha value is -1.37. The molecule has 2 aromatic rings. The lowest BCUT2D eigenvalue weighted by molar-refractivity contribution is 0.0947. The number of nitrogens with zero attached hydrogens (tertiary/aromatic N) is 1. The molecular weight excluding hydrogens is 326 g/mol. The van der Waals surface area contributed by atoms with Gasteiger partial charge in [-0.1, -0.05) is 19.1 Å². The van der Waals surface area contributed by atoms with E-state index in [9.17, 15) is 4.79 Å². The Labute approximate surface area is 146 Å². The van der Waals surface area contributed by atoms with Gasteiger partial charge in [0.1, 0.15) is 0 Å². The lowest BCUT2D eigenvalue weighted by atomic mass is 10.2. The Morgan fingerprint density at radius 2 is 2.17 bits per heavy atom. The van der Waals surface area contributed by atoms with Crippen molar-refractivity contribution < 1.29 is 4.79 Å². The molecule has 0 radical (unpaired) electrons. The topological polar surface area (TPSA) is 54.0 Å². The smallest absolute Gasteiger partial charge is 0.252 e. The van der Waals surface area contributed by atoms with Gasteiger partial charge in [0, 0.05) is 28.6 Å². The van der Waals surface area contributed by atoms with E-state index in [4.69, 9.17) is 0 Å². The molecule has 2 N–H and O–H groups in total. The molecular formula is C17H23N3OS2. The van der Waals surface area contributed by atoms with E-state index in [0.29, 0.717) is 6.54 Å². The summed E-state index contributed by atoms with van der Waals surface area (Å²) in [5.41, 5.74) is 1.79. The van der Waals surface area contributed by atoms with Gasteiger partial charge in [-0.15, -0.1) is 23.1 Å². The first-order valence-electron chi connectivity index (χ1n) is 7.74. The molecule has 1 atom stereocenters. The van der Waals surface area contributed by atoms with Crippen molar-refractivity contribution in [1.29, 1.82) is 0 Å². The van der Waals surface area contributed by atoms with Gasteiger partial charge in [-0.2, -0.15) is 0 Å². The average molecular weight is 350 g/mol. The molecule has 0 aliphatic rings. The quantitative estimate of drug-likeness (QED) is 0.717. The fourth-order valence-electron chi connectivity index (χ4n) is 2.17. The summed E-state index contributed by atoms with van der Waals surface area (Å²) in [6.07, 6.45) is 0. The van der Waals surface area contributed by atoms with Crippen LogP contribution in [0, 0.1) is 6.92 Å². The molecule has 0 spiro atoms. The van der Waals surface area contributed by atoms with Crippen molar-refractivity contribution in [2.24, 2.45) is 0 Å². The Bertz CT molecular complexity index is 642. The second-order valence-corrected chi connectivity index (χ2v) is 7.39. The summed E-state index contributed by atoms with van der Waals surface area (Å²) in [6, 6.07) is 8.00. The summed E-state index contributed by atoms with van der Waals surface area (Å²) in [6.45, 7) is 7.65. The number of nitrogens with one attached hydrogen (secondary N) is 2. The maximum Gasteiger partial charge on any atom is 0.252 e. The summed E-state index contributed by atoms with van der Waals surface area (Å²) < 4.78 is 0. The van der Waals surface area contributed by atoms with E-state index >= 15 is 0 Å². The highest BCUT2D eigenvalue weighted by Gasteiger charge is 2.12. The van der Waals surface area contributed by atoms with Crippen molar-refractivity contribution in [1.82, 2.24) is 15.6 Å². The standard InChI is InChI=1S/C17H23N3OS2/c1-4-18-12(2)9-19-17(21)15-7-5-6-8-16(15)23-11-14-10-22-13(3)20-14/h5-8,10,12,18H,4,9,11H2,1-3H3,(H,19,21)/t12-/m1/s1. The SMILES string of the molecule is CCN[C@H](C)CNC(=O)c1ccccc1SCc1csc(C)n1. The van der Waals surface area contributed by atoms with Crippen LogP contribution >= 0.6 is 23.1 Å².